The van der Waals surface area contributed by atoms with Crippen LogP contribution in [-0.2, 0) is 9.53 Å². The van der Waals surface area contributed by atoms with Gasteiger partial charge in [0.2, 0.25) is 0 Å². The first-order valence-corrected chi connectivity index (χ1v) is 11.9. The number of carbonyl (C=O) groups excluding carboxylic acids is 1. The number of esters is 1. The molecule has 2 aromatic rings. The largest absolute Gasteiger partial charge is 0.512 e. The van der Waals surface area contributed by atoms with E-state index in [0.29, 0.717) is 18.4 Å². The molecule has 184 valence electrons. The van der Waals surface area contributed by atoms with Crippen molar-refractivity contribution in [3.8, 4) is 17.2 Å². The van der Waals surface area contributed by atoms with Crippen molar-refractivity contribution in [2.24, 2.45) is 11.8 Å². The molecule has 0 aromatic heterocycles. The van der Waals surface area contributed by atoms with Crippen LogP contribution in [0.3, 0.4) is 0 Å². The van der Waals surface area contributed by atoms with Crippen molar-refractivity contribution in [1.82, 2.24) is 0 Å². The van der Waals surface area contributed by atoms with Gasteiger partial charge in [0.25, 0.3) is 0 Å². The summed E-state index contributed by atoms with van der Waals surface area (Å²) < 4.78 is 5.69. The van der Waals surface area contributed by atoms with E-state index in [4.69, 9.17) is 10.00 Å². The van der Waals surface area contributed by atoms with Crippen LogP contribution in [0.1, 0.15) is 55.3 Å². The molecule has 4 atom stereocenters. The Balaban J connectivity index is 1.71. The molecule has 3 rings (SSSR count). The Hall–Kier alpha value is -3.63. The lowest BCUT2D eigenvalue weighted by atomic mass is 9.88. The number of ether oxygens (including phenoxy) is 1. The molecular formula is C28H31NO6. The first-order valence-electron chi connectivity index (χ1n) is 11.9. The SMILES string of the molecule is N#CCCCCCC=C(O)[C@@H]1[C@@H](CC(=O)O)[C@@H](O)C[C@@H]1OC(=O)c1ccc(-c2ccccc2)cc1. The summed E-state index contributed by atoms with van der Waals surface area (Å²) >= 11 is 0. The zero-order chi connectivity index (χ0) is 25.2. The quantitative estimate of drug-likeness (QED) is 0.229. The molecule has 7 heteroatoms. The number of aliphatic hydroxyl groups excluding tert-OH is 2. The third kappa shape index (κ3) is 7.17. The minimum absolute atomic E-state index is 0.0521. The zero-order valence-corrected chi connectivity index (χ0v) is 19.5. The summed E-state index contributed by atoms with van der Waals surface area (Å²) in [5.41, 5.74) is 2.30. The Morgan fingerprint density at radius 3 is 2.34 bits per heavy atom. The maximum absolute atomic E-state index is 12.9. The normalized spacial score (nSPS) is 21.9. The van der Waals surface area contributed by atoms with Gasteiger partial charge in [-0.05, 0) is 48.6 Å². The van der Waals surface area contributed by atoms with Gasteiger partial charge in [-0.3, -0.25) is 4.79 Å². The average Bonchev–Trinajstić information content (AvgIpc) is 3.15. The van der Waals surface area contributed by atoms with Crippen molar-refractivity contribution in [3.05, 3.63) is 72.0 Å². The Bertz CT molecular complexity index is 1060. The van der Waals surface area contributed by atoms with E-state index in [1.165, 1.54) is 0 Å². The summed E-state index contributed by atoms with van der Waals surface area (Å²) in [5.74, 6) is -3.31. The number of hydrogen-bond acceptors (Lipinski definition) is 6. The van der Waals surface area contributed by atoms with Crippen molar-refractivity contribution in [3.63, 3.8) is 0 Å². The van der Waals surface area contributed by atoms with E-state index in [9.17, 15) is 24.9 Å². The second-order valence-electron chi connectivity index (χ2n) is 8.86. The van der Waals surface area contributed by atoms with Gasteiger partial charge in [-0.15, -0.1) is 0 Å². The fraction of sp³-hybridized carbons (Fsp3) is 0.393. The van der Waals surface area contributed by atoms with Crippen LogP contribution < -0.4 is 0 Å². The van der Waals surface area contributed by atoms with E-state index in [1.807, 2.05) is 42.5 Å². The summed E-state index contributed by atoms with van der Waals surface area (Å²) in [6, 6.07) is 18.8. The van der Waals surface area contributed by atoms with Gasteiger partial charge in [0.1, 0.15) is 6.10 Å². The standard InChI is InChI=1S/C28H31NO6/c29-16-8-3-1-2-7-11-23(30)27-22(17-26(32)33)24(31)18-25(27)35-28(34)21-14-12-20(13-15-21)19-9-5-4-6-10-19/h4-6,9-15,22,24-25,27,30-31H,1-3,7-8,17-18H2,(H,32,33)/t22-,24-,25-,27-/m0/s1. The maximum Gasteiger partial charge on any atom is 0.338 e. The molecular weight excluding hydrogens is 446 g/mol. The monoisotopic (exact) mass is 477 g/mol. The molecule has 3 N–H and O–H groups in total. The zero-order valence-electron chi connectivity index (χ0n) is 19.5. The van der Waals surface area contributed by atoms with Gasteiger partial charge < -0.3 is 20.1 Å². The molecule has 7 nitrogen and oxygen atoms in total. The molecule has 0 saturated heterocycles. The van der Waals surface area contributed by atoms with Crippen LogP contribution in [0.2, 0.25) is 0 Å². The second kappa shape index (κ2) is 12.7. The van der Waals surface area contributed by atoms with Crippen LogP contribution in [0.25, 0.3) is 11.1 Å². The summed E-state index contributed by atoms with van der Waals surface area (Å²) in [4.78, 5) is 24.2. The molecule has 0 radical (unpaired) electrons. The molecule has 0 spiro atoms. The topological polar surface area (TPSA) is 128 Å². The number of carboxylic acids is 1. The highest BCUT2D eigenvalue weighted by molar-refractivity contribution is 5.90. The number of nitrogens with zero attached hydrogens (tertiary/aromatic N) is 1. The average molecular weight is 478 g/mol. The Morgan fingerprint density at radius 1 is 1.00 bits per heavy atom. The van der Waals surface area contributed by atoms with Gasteiger partial charge >= 0.3 is 11.9 Å². The van der Waals surface area contributed by atoms with Crippen molar-refractivity contribution in [2.75, 3.05) is 0 Å². The number of aliphatic carboxylic acids is 1. The number of carboxylic acid groups (broad SMARTS) is 1. The van der Waals surface area contributed by atoms with Crippen molar-refractivity contribution in [2.45, 2.75) is 57.2 Å². The summed E-state index contributed by atoms with van der Waals surface area (Å²) in [6.45, 7) is 0. The highest BCUT2D eigenvalue weighted by Crippen LogP contribution is 2.41. The van der Waals surface area contributed by atoms with E-state index in [0.717, 1.165) is 30.4 Å². The number of unbranched alkanes of at least 4 members (excludes halogenated alkanes) is 4. The minimum Gasteiger partial charge on any atom is -0.512 e. The Kier molecular flexibility index (Phi) is 9.45. The molecule has 1 aliphatic carbocycles. The van der Waals surface area contributed by atoms with Gasteiger partial charge in [-0.2, -0.15) is 5.26 Å². The number of nitriles is 1. The second-order valence-corrected chi connectivity index (χ2v) is 8.86. The number of hydrogen-bond donors (Lipinski definition) is 3. The third-order valence-corrected chi connectivity index (χ3v) is 6.41. The molecule has 1 saturated carbocycles. The lowest BCUT2D eigenvalue weighted by Gasteiger charge is -2.24. The van der Waals surface area contributed by atoms with Crippen molar-refractivity contribution >= 4 is 11.9 Å². The highest BCUT2D eigenvalue weighted by Gasteiger charge is 2.47. The van der Waals surface area contributed by atoms with Gasteiger partial charge in [0, 0.05) is 18.8 Å². The predicted molar refractivity (Wildman–Crippen MR) is 130 cm³/mol. The van der Waals surface area contributed by atoms with E-state index < -0.39 is 36.0 Å². The van der Waals surface area contributed by atoms with Gasteiger partial charge in [0.15, 0.2) is 0 Å². The third-order valence-electron chi connectivity index (χ3n) is 6.41. The van der Waals surface area contributed by atoms with Gasteiger partial charge in [-0.25, -0.2) is 4.79 Å². The fourth-order valence-corrected chi connectivity index (χ4v) is 4.62. The first kappa shape index (κ1) is 26.0. The van der Waals surface area contributed by atoms with Crippen LogP contribution in [0.15, 0.2) is 66.4 Å². The Morgan fingerprint density at radius 2 is 1.69 bits per heavy atom. The lowest BCUT2D eigenvalue weighted by Crippen LogP contribution is -2.29. The van der Waals surface area contributed by atoms with Crippen LogP contribution in [0.5, 0.6) is 0 Å². The van der Waals surface area contributed by atoms with Crippen LogP contribution in [0.4, 0.5) is 0 Å². The first-order chi connectivity index (χ1) is 16.9. The summed E-state index contributed by atoms with van der Waals surface area (Å²) in [5, 5.41) is 39.2. The fourth-order valence-electron chi connectivity index (χ4n) is 4.62. The van der Waals surface area contributed by atoms with E-state index >= 15 is 0 Å². The van der Waals surface area contributed by atoms with Gasteiger partial charge in [-0.1, -0.05) is 48.9 Å². The molecule has 0 heterocycles. The van der Waals surface area contributed by atoms with Crippen molar-refractivity contribution in [1.29, 1.82) is 5.26 Å². The van der Waals surface area contributed by atoms with Crippen LogP contribution in [-0.4, -0.2) is 39.5 Å². The van der Waals surface area contributed by atoms with E-state index in [-0.39, 0.29) is 18.6 Å². The van der Waals surface area contributed by atoms with Crippen LogP contribution in [0, 0.1) is 23.2 Å². The molecule has 2 aromatic carbocycles. The van der Waals surface area contributed by atoms with Gasteiger partial charge in [0.05, 0.1) is 35.8 Å². The summed E-state index contributed by atoms with van der Waals surface area (Å²) in [6.07, 6.45) is 2.87. The van der Waals surface area contributed by atoms with E-state index in [2.05, 4.69) is 6.07 Å². The molecule has 0 aliphatic heterocycles. The number of benzene rings is 2. The Labute approximate surface area is 205 Å². The molecule has 0 bridgehead atoms. The molecule has 0 unspecified atom stereocenters. The minimum atomic E-state index is -1.09. The van der Waals surface area contributed by atoms with Crippen LogP contribution >= 0.6 is 0 Å². The number of allylic oxidation sites excluding steroid dienone is 1. The molecule has 0 amide bonds. The summed E-state index contributed by atoms with van der Waals surface area (Å²) in [7, 11) is 0. The number of rotatable bonds is 11. The lowest BCUT2D eigenvalue weighted by molar-refractivity contribution is -0.139. The van der Waals surface area contributed by atoms with E-state index in [1.54, 1.807) is 18.2 Å². The number of carbonyl (C=O) groups is 2. The van der Waals surface area contributed by atoms with Crippen molar-refractivity contribution < 1.29 is 29.6 Å². The predicted octanol–water partition coefficient (Wildman–Crippen LogP) is 5.27. The number of aliphatic hydroxyl groups is 2. The molecule has 35 heavy (non-hydrogen) atoms. The smallest absolute Gasteiger partial charge is 0.338 e. The maximum atomic E-state index is 12.9. The molecule has 1 aliphatic rings. The highest BCUT2D eigenvalue weighted by atomic mass is 16.5. The molecule has 1 fully saturated rings.